The molecule has 3 heteroatoms. The van der Waals surface area contributed by atoms with E-state index in [9.17, 15) is 4.79 Å². The van der Waals surface area contributed by atoms with E-state index in [1.165, 1.54) is 32.1 Å². The summed E-state index contributed by atoms with van der Waals surface area (Å²) in [5, 5.41) is 8.36. The molecule has 15 heavy (non-hydrogen) atoms. The van der Waals surface area contributed by atoms with Gasteiger partial charge >= 0.3 is 0 Å². The van der Waals surface area contributed by atoms with Crippen LogP contribution in [-0.4, -0.2) is 30.8 Å². The van der Waals surface area contributed by atoms with Crippen LogP contribution in [0, 0.1) is 17.2 Å². The van der Waals surface area contributed by atoms with Crippen LogP contribution in [0.3, 0.4) is 0 Å². The molecule has 84 valence electrons. The van der Waals surface area contributed by atoms with E-state index in [4.69, 9.17) is 5.26 Å². The Bertz CT molecular complexity index is 238. The van der Waals surface area contributed by atoms with Crippen molar-refractivity contribution in [1.29, 1.82) is 5.26 Å². The number of likely N-dealkylation sites (N-methyl/N-ethyl adjacent to an activating group) is 1. The summed E-state index contributed by atoms with van der Waals surface area (Å²) >= 11 is 0. The molecule has 0 heterocycles. The normalized spacial score (nSPS) is 16.9. The monoisotopic (exact) mass is 208 g/mol. The molecular weight excluding hydrogens is 188 g/mol. The maximum absolute atomic E-state index is 11.2. The molecule has 1 rings (SSSR count). The average molecular weight is 208 g/mol. The summed E-state index contributed by atoms with van der Waals surface area (Å²) in [6.07, 6.45) is 6.73. The van der Waals surface area contributed by atoms with Gasteiger partial charge in [-0.1, -0.05) is 25.7 Å². The van der Waals surface area contributed by atoms with Crippen molar-refractivity contribution in [2.24, 2.45) is 5.92 Å². The molecule has 0 saturated heterocycles. The van der Waals surface area contributed by atoms with E-state index in [1.807, 2.05) is 18.0 Å². The van der Waals surface area contributed by atoms with Crippen molar-refractivity contribution in [3.8, 4) is 6.07 Å². The third-order valence-corrected chi connectivity index (χ3v) is 3.12. The fraction of sp³-hybridized carbons (Fsp3) is 0.833. The van der Waals surface area contributed by atoms with E-state index in [0.29, 0.717) is 6.54 Å². The number of carbonyl (C=O) groups is 1. The molecular formula is C12H20N2O. The molecule has 1 fully saturated rings. The van der Waals surface area contributed by atoms with Gasteiger partial charge in [0.2, 0.25) is 0 Å². The Labute approximate surface area is 92.1 Å². The van der Waals surface area contributed by atoms with Crippen molar-refractivity contribution < 1.29 is 4.79 Å². The molecule has 0 aromatic carbocycles. The van der Waals surface area contributed by atoms with Gasteiger partial charge in [0.15, 0.2) is 5.78 Å². The van der Waals surface area contributed by atoms with Crippen LogP contribution in [-0.2, 0) is 4.79 Å². The molecule has 0 atom stereocenters. The second-order valence-electron chi connectivity index (χ2n) is 4.55. The van der Waals surface area contributed by atoms with Crippen molar-refractivity contribution >= 4 is 5.78 Å². The van der Waals surface area contributed by atoms with E-state index in [0.717, 1.165) is 12.5 Å². The summed E-state index contributed by atoms with van der Waals surface area (Å²) < 4.78 is 0. The van der Waals surface area contributed by atoms with Crippen LogP contribution in [0.15, 0.2) is 0 Å². The van der Waals surface area contributed by atoms with Crippen molar-refractivity contribution in [2.45, 2.75) is 38.5 Å². The standard InChI is InChI=1S/C12H20N2O/c1-14(10-12(15)6-8-13)9-7-11-4-2-3-5-11/h11H,2-7,9-10H2,1H3. The van der Waals surface area contributed by atoms with Gasteiger partial charge in [0.05, 0.1) is 19.0 Å². The summed E-state index contributed by atoms with van der Waals surface area (Å²) in [7, 11) is 1.96. The molecule has 1 saturated carbocycles. The van der Waals surface area contributed by atoms with Crippen LogP contribution < -0.4 is 0 Å². The third-order valence-electron chi connectivity index (χ3n) is 3.12. The van der Waals surface area contributed by atoms with Gasteiger partial charge in [-0.3, -0.25) is 9.69 Å². The number of Topliss-reactive ketones (excluding diaryl/α,β-unsaturated/α-hetero) is 1. The zero-order chi connectivity index (χ0) is 11.1. The highest BCUT2D eigenvalue weighted by molar-refractivity contribution is 5.82. The van der Waals surface area contributed by atoms with Gasteiger partial charge in [-0.25, -0.2) is 0 Å². The highest BCUT2D eigenvalue weighted by Crippen LogP contribution is 2.27. The first-order chi connectivity index (χ1) is 7.22. The number of ketones is 1. The summed E-state index contributed by atoms with van der Waals surface area (Å²) in [6.45, 7) is 1.42. The summed E-state index contributed by atoms with van der Waals surface area (Å²) in [4.78, 5) is 13.2. The SMILES string of the molecule is CN(CCC1CCCC1)CC(=O)CC#N. The van der Waals surface area contributed by atoms with Crippen molar-refractivity contribution in [3.63, 3.8) is 0 Å². The summed E-state index contributed by atoms with van der Waals surface area (Å²) in [5.41, 5.74) is 0. The van der Waals surface area contributed by atoms with Crippen LogP contribution in [0.2, 0.25) is 0 Å². The van der Waals surface area contributed by atoms with Gasteiger partial charge in [-0.05, 0) is 25.9 Å². The largest absolute Gasteiger partial charge is 0.299 e. The number of nitrogens with zero attached hydrogens (tertiary/aromatic N) is 2. The minimum absolute atomic E-state index is 0.0337. The van der Waals surface area contributed by atoms with E-state index >= 15 is 0 Å². The lowest BCUT2D eigenvalue weighted by molar-refractivity contribution is -0.119. The fourth-order valence-electron chi connectivity index (χ4n) is 2.23. The molecule has 0 aromatic heterocycles. The summed E-state index contributed by atoms with van der Waals surface area (Å²) in [6, 6.07) is 1.89. The van der Waals surface area contributed by atoms with Crippen LogP contribution in [0.4, 0.5) is 0 Å². The summed E-state index contributed by atoms with van der Waals surface area (Å²) in [5.74, 6) is 0.907. The Morgan fingerprint density at radius 3 is 2.73 bits per heavy atom. The fourth-order valence-corrected chi connectivity index (χ4v) is 2.23. The number of nitriles is 1. The first kappa shape index (κ1) is 12.2. The second kappa shape index (κ2) is 6.58. The number of hydrogen-bond donors (Lipinski definition) is 0. The molecule has 0 aliphatic heterocycles. The van der Waals surface area contributed by atoms with Crippen molar-refractivity contribution in [3.05, 3.63) is 0 Å². The Morgan fingerprint density at radius 2 is 2.13 bits per heavy atom. The van der Waals surface area contributed by atoms with Crippen molar-refractivity contribution in [1.82, 2.24) is 4.90 Å². The van der Waals surface area contributed by atoms with Gasteiger partial charge in [-0.15, -0.1) is 0 Å². The van der Waals surface area contributed by atoms with Crippen LogP contribution in [0.1, 0.15) is 38.5 Å². The van der Waals surface area contributed by atoms with Crippen LogP contribution in [0.5, 0.6) is 0 Å². The van der Waals surface area contributed by atoms with Gasteiger partial charge < -0.3 is 0 Å². The molecule has 1 aliphatic carbocycles. The van der Waals surface area contributed by atoms with Gasteiger partial charge in [0.25, 0.3) is 0 Å². The third kappa shape index (κ3) is 4.94. The van der Waals surface area contributed by atoms with Gasteiger partial charge in [0, 0.05) is 0 Å². The smallest absolute Gasteiger partial charge is 0.160 e. The van der Waals surface area contributed by atoms with Gasteiger partial charge in [-0.2, -0.15) is 5.26 Å². The molecule has 0 bridgehead atoms. The number of hydrogen-bond acceptors (Lipinski definition) is 3. The van der Waals surface area contributed by atoms with E-state index in [2.05, 4.69) is 0 Å². The number of carbonyl (C=O) groups excluding carboxylic acids is 1. The molecule has 0 aromatic rings. The molecule has 0 amide bonds. The molecule has 0 unspecified atom stereocenters. The zero-order valence-electron chi connectivity index (χ0n) is 9.54. The highest BCUT2D eigenvalue weighted by atomic mass is 16.1. The molecule has 1 aliphatic rings. The topological polar surface area (TPSA) is 44.1 Å². The maximum Gasteiger partial charge on any atom is 0.160 e. The first-order valence-corrected chi connectivity index (χ1v) is 5.79. The Balaban J connectivity index is 2.10. The highest BCUT2D eigenvalue weighted by Gasteiger charge is 2.15. The van der Waals surface area contributed by atoms with Gasteiger partial charge in [0.1, 0.15) is 0 Å². The molecule has 3 nitrogen and oxygen atoms in total. The maximum atomic E-state index is 11.2. The number of rotatable bonds is 6. The second-order valence-corrected chi connectivity index (χ2v) is 4.55. The predicted octanol–water partition coefficient (Wildman–Crippen LogP) is 1.98. The lowest BCUT2D eigenvalue weighted by Crippen LogP contribution is -2.27. The Kier molecular flexibility index (Phi) is 5.34. The quantitative estimate of drug-likeness (QED) is 0.670. The minimum atomic E-state index is 0.0337. The van der Waals surface area contributed by atoms with Crippen LogP contribution >= 0.6 is 0 Å². The average Bonchev–Trinajstić information content (AvgIpc) is 2.67. The lowest BCUT2D eigenvalue weighted by atomic mass is 10.0. The first-order valence-electron chi connectivity index (χ1n) is 5.79. The molecule has 0 radical (unpaired) electrons. The zero-order valence-corrected chi connectivity index (χ0v) is 9.54. The van der Waals surface area contributed by atoms with E-state index in [1.54, 1.807) is 0 Å². The predicted molar refractivity (Wildman–Crippen MR) is 59.3 cm³/mol. The minimum Gasteiger partial charge on any atom is -0.299 e. The molecule has 0 N–H and O–H groups in total. The van der Waals surface area contributed by atoms with E-state index in [-0.39, 0.29) is 12.2 Å². The van der Waals surface area contributed by atoms with Crippen LogP contribution in [0.25, 0.3) is 0 Å². The Morgan fingerprint density at radius 1 is 1.47 bits per heavy atom. The van der Waals surface area contributed by atoms with Crippen molar-refractivity contribution in [2.75, 3.05) is 20.1 Å². The lowest BCUT2D eigenvalue weighted by Gasteiger charge is -2.17. The molecule has 0 spiro atoms. The Hall–Kier alpha value is -0.880. The van der Waals surface area contributed by atoms with E-state index < -0.39 is 0 Å².